The van der Waals surface area contributed by atoms with Crippen LogP contribution in [0.2, 0.25) is 0 Å². The summed E-state index contributed by atoms with van der Waals surface area (Å²) in [7, 11) is 1.91. The van der Waals surface area contributed by atoms with Gasteiger partial charge in [0.25, 0.3) is 0 Å². The quantitative estimate of drug-likeness (QED) is 0.629. The first-order valence-corrected chi connectivity index (χ1v) is 6.10. The van der Waals surface area contributed by atoms with Gasteiger partial charge < -0.3 is 14.0 Å². The van der Waals surface area contributed by atoms with E-state index < -0.39 is 0 Å². The number of imidazole rings is 1. The zero-order chi connectivity index (χ0) is 13.2. The van der Waals surface area contributed by atoms with Crippen LogP contribution in [-0.4, -0.2) is 22.3 Å². The molecule has 1 aromatic heterocycles. The molecular formula is C13H16N4O2. The third-order valence-electron chi connectivity index (χ3n) is 3.13. The van der Waals surface area contributed by atoms with Crippen LogP contribution in [0.5, 0.6) is 11.5 Å². The Kier molecular flexibility index (Phi) is 3.10. The summed E-state index contributed by atoms with van der Waals surface area (Å²) in [6, 6.07) is 7.38. The molecule has 2 heterocycles. The average Bonchev–Trinajstić information content (AvgIpc) is 2.86. The standard InChI is InChI=1S/C13H16N4O2/c1-17-6-9(15-8-17)13(16-14)12-7-18-10-4-2-3-5-11(10)19-12/h2-6,8,12-13,16H,7,14H2,1H3. The second-order valence-corrected chi connectivity index (χ2v) is 4.52. The highest BCUT2D eigenvalue weighted by Gasteiger charge is 2.30. The minimum absolute atomic E-state index is 0.213. The van der Waals surface area contributed by atoms with Gasteiger partial charge in [0.1, 0.15) is 12.6 Å². The van der Waals surface area contributed by atoms with Gasteiger partial charge in [0.05, 0.1) is 12.0 Å². The molecule has 1 aliphatic heterocycles. The molecule has 19 heavy (non-hydrogen) atoms. The molecule has 0 spiro atoms. The average molecular weight is 260 g/mol. The number of ether oxygens (including phenoxy) is 2. The van der Waals surface area contributed by atoms with E-state index in [-0.39, 0.29) is 12.1 Å². The van der Waals surface area contributed by atoms with Gasteiger partial charge in [0, 0.05) is 13.2 Å². The van der Waals surface area contributed by atoms with E-state index in [0.29, 0.717) is 6.61 Å². The van der Waals surface area contributed by atoms with Crippen LogP contribution in [0.25, 0.3) is 0 Å². The minimum Gasteiger partial charge on any atom is -0.486 e. The van der Waals surface area contributed by atoms with Crippen LogP contribution in [0.3, 0.4) is 0 Å². The minimum atomic E-state index is -0.213. The van der Waals surface area contributed by atoms with Gasteiger partial charge in [0.15, 0.2) is 17.6 Å². The van der Waals surface area contributed by atoms with Crippen molar-refractivity contribution in [3.8, 4) is 11.5 Å². The van der Waals surface area contributed by atoms with E-state index in [2.05, 4.69) is 10.4 Å². The van der Waals surface area contributed by atoms with Crippen molar-refractivity contribution in [1.82, 2.24) is 15.0 Å². The van der Waals surface area contributed by atoms with Crippen molar-refractivity contribution in [2.75, 3.05) is 6.61 Å². The molecule has 0 amide bonds. The van der Waals surface area contributed by atoms with Gasteiger partial charge in [-0.1, -0.05) is 12.1 Å². The number of aromatic nitrogens is 2. The third kappa shape index (κ3) is 2.27. The second-order valence-electron chi connectivity index (χ2n) is 4.52. The predicted molar refractivity (Wildman–Crippen MR) is 69.6 cm³/mol. The maximum absolute atomic E-state index is 5.93. The molecule has 6 heteroatoms. The van der Waals surface area contributed by atoms with Crippen molar-refractivity contribution in [3.63, 3.8) is 0 Å². The van der Waals surface area contributed by atoms with Crippen LogP contribution in [0.15, 0.2) is 36.8 Å². The summed E-state index contributed by atoms with van der Waals surface area (Å²) in [5.41, 5.74) is 3.58. The fourth-order valence-electron chi connectivity index (χ4n) is 2.18. The van der Waals surface area contributed by atoms with Crippen molar-refractivity contribution >= 4 is 0 Å². The number of aryl methyl sites for hydroxylation is 1. The molecular weight excluding hydrogens is 244 g/mol. The maximum atomic E-state index is 5.93. The van der Waals surface area contributed by atoms with Gasteiger partial charge in [-0.15, -0.1) is 0 Å². The number of rotatable bonds is 3. The van der Waals surface area contributed by atoms with Gasteiger partial charge in [-0.3, -0.25) is 5.84 Å². The molecule has 3 N–H and O–H groups in total. The largest absolute Gasteiger partial charge is 0.486 e. The topological polar surface area (TPSA) is 74.3 Å². The summed E-state index contributed by atoms with van der Waals surface area (Å²) in [5, 5.41) is 0. The molecule has 2 aromatic rings. The Morgan fingerprint density at radius 2 is 2.21 bits per heavy atom. The van der Waals surface area contributed by atoms with Gasteiger partial charge in [-0.05, 0) is 12.1 Å². The maximum Gasteiger partial charge on any atom is 0.161 e. The predicted octanol–water partition coefficient (Wildman–Crippen LogP) is 0.764. The van der Waals surface area contributed by atoms with Crippen molar-refractivity contribution in [1.29, 1.82) is 0 Å². The summed E-state index contributed by atoms with van der Waals surface area (Å²) in [4.78, 5) is 4.30. The third-order valence-corrected chi connectivity index (χ3v) is 3.13. The van der Waals surface area contributed by atoms with E-state index in [1.54, 1.807) is 6.33 Å². The SMILES string of the molecule is Cn1cnc(C(NN)C2COc3ccccc3O2)c1. The number of nitrogens with one attached hydrogen (secondary N) is 1. The highest BCUT2D eigenvalue weighted by atomic mass is 16.6. The number of nitrogens with two attached hydrogens (primary N) is 1. The number of para-hydroxylation sites is 2. The summed E-state index contributed by atoms with van der Waals surface area (Å²) >= 11 is 0. The lowest BCUT2D eigenvalue weighted by Crippen LogP contribution is -2.44. The van der Waals surface area contributed by atoms with Gasteiger partial charge in [0.2, 0.25) is 0 Å². The number of hydrogen-bond donors (Lipinski definition) is 2. The normalized spacial score (nSPS) is 19.2. The zero-order valence-corrected chi connectivity index (χ0v) is 10.6. The molecule has 0 fully saturated rings. The Bertz CT molecular complexity index is 569. The molecule has 0 saturated heterocycles. The summed E-state index contributed by atoms with van der Waals surface area (Å²) < 4.78 is 13.5. The van der Waals surface area contributed by atoms with E-state index in [1.165, 1.54) is 0 Å². The Morgan fingerprint density at radius 1 is 1.42 bits per heavy atom. The fraction of sp³-hybridized carbons (Fsp3) is 0.308. The van der Waals surface area contributed by atoms with Gasteiger partial charge in [-0.25, -0.2) is 10.4 Å². The first-order chi connectivity index (χ1) is 9.28. The zero-order valence-electron chi connectivity index (χ0n) is 10.6. The van der Waals surface area contributed by atoms with Gasteiger partial charge >= 0.3 is 0 Å². The molecule has 0 aliphatic carbocycles. The van der Waals surface area contributed by atoms with Crippen molar-refractivity contribution in [3.05, 3.63) is 42.5 Å². The van der Waals surface area contributed by atoms with E-state index in [0.717, 1.165) is 17.2 Å². The summed E-state index contributed by atoms with van der Waals surface area (Å²) in [5.74, 6) is 7.12. The Morgan fingerprint density at radius 3 is 2.89 bits per heavy atom. The Hall–Kier alpha value is -2.05. The van der Waals surface area contributed by atoms with E-state index in [1.807, 2.05) is 42.1 Å². The van der Waals surface area contributed by atoms with Crippen molar-refractivity contribution in [2.45, 2.75) is 12.1 Å². The Labute approximate surface area is 111 Å². The molecule has 1 aromatic carbocycles. The fourth-order valence-corrected chi connectivity index (χ4v) is 2.18. The molecule has 3 rings (SSSR count). The monoisotopic (exact) mass is 260 g/mol. The Balaban J connectivity index is 1.83. The van der Waals surface area contributed by atoms with Crippen LogP contribution in [0.4, 0.5) is 0 Å². The van der Waals surface area contributed by atoms with Gasteiger partial charge in [-0.2, -0.15) is 0 Å². The number of hydrogen-bond acceptors (Lipinski definition) is 5. The van der Waals surface area contributed by atoms with Crippen LogP contribution >= 0.6 is 0 Å². The highest BCUT2D eigenvalue weighted by molar-refractivity contribution is 5.41. The summed E-state index contributed by atoms with van der Waals surface area (Å²) in [6.45, 7) is 0.433. The highest BCUT2D eigenvalue weighted by Crippen LogP contribution is 2.33. The molecule has 0 radical (unpaired) electrons. The van der Waals surface area contributed by atoms with Crippen LogP contribution in [0.1, 0.15) is 11.7 Å². The number of hydrazine groups is 1. The first kappa shape index (κ1) is 12.0. The van der Waals surface area contributed by atoms with Crippen molar-refractivity contribution in [2.24, 2.45) is 12.9 Å². The van der Waals surface area contributed by atoms with Crippen molar-refractivity contribution < 1.29 is 9.47 Å². The van der Waals surface area contributed by atoms with E-state index >= 15 is 0 Å². The number of benzene rings is 1. The lowest BCUT2D eigenvalue weighted by atomic mass is 10.1. The molecule has 0 bridgehead atoms. The molecule has 0 saturated carbocycles. The molecule has 1 aliphatic rings. The van der Waals surface area contributed by atoms with E-state index in [9.17, 15) is 0 Å². The smallest absolute Gasteiger partial charge is 0.161 e. The second kappa shape index (κ2) is 4.91. The van der Waals surface area contributed by atoms with Crippen LogP contribution < -0.4 is 20.7 Å². The van der Waals surface area contributed by atoms with Crippen LogP contribution in [0, 0.1) is 0 Å². The molecule has 6 nitrogen and oxygen atoms in total. The lowest BCUT2D eigenvalue weighted by molar-refractivity contribution is 0.0606. The molecule has 2 unspecified atom stereocenters. The first-order valence-electron chi connectivity index (χ1n) is 6.10. The van der Waals surface area contributed by atoms with E-state index in [4.69, 9.17) is 15.3 Å². The number of fused-ring (bicyclic) bond motifs is 1. The summed E-state index contributed by atoms with van der Waals surface area (Å²) in [6.07, 6.45) is 3.43. The lowest BCUT2D eigenvalue weighted by Gasteiger charge is -2.31. The molecule has 100 valence electrons. The van der Waals surface area contributed by atoms with Crippen LogP contribution in [-0.2, 0) is 7.05 Å². The number of nitrogens with zero attached hydrogens (tertiary/aromatic N) is 2. The molecule has 2 atom stereocenters.